The molecule has 1 heterocycles. The molecule has 0 aliphatic rings. The number of benzene rings is 2. The maximum Gasteiger partial charge on any atom is 0.241 e. The van der Waals surface area contributed by atoms with E-state index in [2.05, 4.69) is 10.0 Å². The molecule has 3 aromatic rings. The minimum atomic E-state index is -3.63. The summed E-state index contributed by atoms with van der Waals surface area (Å²) < 4.78 is 37.0. The van der Waals surface area contributed by atoms with E-state index in [1.165, 1.54) is 19.1 Å². The van der Waals surface area contributed by atoms with Gasteiger partial charge >= 0.3 is 0 Å². The summed E-state index contributed by atoms with van der Waals surface area (Å²) in [6, 6.07) is 10.5. The molecule has 0 saturated carbocycles. The number of nitrogens with one attached hydrogen (secondary N) is 2. The Bertz CT molecular complexity index is 1220. The van der Waals surface area contributed by atoms with Crippen molar-refractivity contribution in [1.82, 2.24) is 0 Å². The predicted octanol–water partition coefficient (Wildman–Crippen LogP) is 2.24. The van der Waals surface area contributed by atoms with Gasteiger partial charge in [0, 0.05) is 6.07 Å². The number of ether oxygens (including phenoxy) is 1. The van der Waals surface area contributed by atoms with Crippen LogP contribution in [0.2, 0.25) is 0 Å². The Morgan fingerprint density at radius 1 is 1.17 bits per heavy atom. The maximum atomic E-state index is 12.8. The number of rotatable bonds is 6. The van der Waals surface area contributed by atoms with Gasteiger partial charge in [-0.2, -0.15) is 0 Å². The van der Waals surface area contributed by atoms with Gasteiger partial charge in [-0.25, -0.2) is 8.42 Å². The number of carbonyl (C=O) groups is 1. The lowest BCUT2D eigenvalue weighted by Gasteiger charge is -2.14. The minimum Gasteiger partial charge on any atom is -0.462 e. The Balaban J connectivity index is 2.13. The van der Waals surface area contributed by atoms with E-state index in [0.29, 0.717) is 5.75 Å². The van der Waals surface area contributed by atoms with Crippen LogP contribution in [0.25, 0.3) is 11.0 Å². The molecule has 1 amide bonds. The first-order valence-electron chi connectivity index (χ1n) is 8.51. The molecular formula is C19H19N3O6S. The topological polar surface area (TPSA) is 141 Å². The van der Waals surface area contributed by atoms with Gasteiger partial charge in [0.2, 0.25) is 21.4 Å². The van der Waals surface area contributed by atoms with E-state index < -0.39 is 27.4 Å². The van der Waals surface area contributed by atoms with E-state index in [-0.39, 0.29) is 28.1 Å². The highest BCUT2D eigenvalue weighted by atomic mass is 32.2. The Hall–Kier alpha value is -3.37. The number of hydrogen-bond acceptors (Lipinski definition) is 7. The molecular weight excluding hydrogens is 398 g/mol. The molecule has 152 valence electrons. The SMILES string of the molecule is CC(N)C(=O)Nc1coc2cc(NS(C)(=O)=O)c(Oc3ccccc3)cc2c1=O. The lowest BCUT2D eigenvalue weighted by molar-refractivity contribution is -0.117. The van der Waals surface area contributed by atoms with Crippen molar-refractivity contribution in [3.05, 3.63) is 59.0 Å². The molecule has 0 radical (unpaired) electrons. The van der Waals surface area contributed by atoms with Crippen molar-refractivity contribution < 1.29 is 22.4 Å². The summed E-state index contributed by atoms with van der Waals surface area (Å²) >= 11 is 0. The third-order valence-electron chi connectivity index (χ3n) is 3.81. The molecule has 1 aromatic heterocycles. The van der Waals surface area contributed by atoms with E-state index >= 15 is 0 Å². The van der Waals surface area contributed by atoms with Crippen LogP contribution in [0.15, 0.2) is 57.9 Å². The number of anilines is 2. The van der Waals surface area contributed by atoms with Crippen molar-refractivity contribution in [2.24, 2.45) is 5.73 Å². The average molecular weight is 417 g/mol. The van der Waals surface area contributed by atoms with Gasteiger partial charge in [0.15, 0.2) is 5.75 Å². The molecule has 0 aliphatic carbocycles. The third-order valence-corrected chi connectivity index (χ3v) is 4.40. The van der Waals surface area contributed by atoms with Crippen LogP contribution in [0.1, 0.15) is 6.92 Å². The van der Waals surface area contributed by atoms with Crippen molar-refractivity contribution in [1.29, 1.82) is 0 Å². The van der Waals surface area contributed by atoms with Crippen molar-refractivity contribution in [3.8, 4) is 11.5 Å². The second-order valence-electron chi connectivity index (χ2n) is 6.39. The van der Waals surface area contributed by atoms with Crippen LogP contribution in [-0.2, 0) is 14.8 Å². The molecule has 9 nitrogen and oxygen atoms in total. The normalized spacial score (nSPS) is 12.4. The van der Waals surface area contributed by atoms with Crippen LogP contribution in [0, 0.1) is 0 Å². The summed E-state index contributed by atoms with van der Waals surface area (Å²) in [6.45, 7) is 1.48. The number of sulfonamides is 1. The molecule has 0 bridgehead atoms. The number of nitrogens with two attached hydrogens (primary N) is 1. The monoisotopic (exact) mass is 417 g/mol. The van der Waals surface area contributed by atoms with E-state index in [1.807, 2.05) is 0 Å². The number of amides is 1. The molecule has 0 saturated heterocycles. The predicted molar refractivity (Wildman–Crippen MR) is 110 cm³/mol. The zero-order valence-electron chi connectivity index (χ0n) is 15.6. The smallest absolute Gasteiger partial charge is 0.241 e. The van der Waals surface area contributed by atoms with Crippen LogP contribution in [0.5, 0.6) is 11.5 Å². The molecule has 3 rings (SSSR count). The summed E-state index contributed by atoms with van der Waals surface area (Å²) in [4.78, 5) is 24.6. The number of para-hydroxylation sites is 1. The molecule has 0 spiro atoms. The van der Waals surface area contributed by atoms with Crippen LogP contribution >= 0.6 is 0 Å². The Morgan fingerprint density at radius 2 is 1.86 bits per heavy atom. The second kappa shape index (κ2) is 7.94. The number of fused-ring (bicyclic) bond motifs is 1. The summed E-state index contributed by atoms with van der Waals surface area (Å²) in [6.07, 6.45) is 2.07. The van der Waals surface area contributed by atoms with Crippen LogP contribution in [-0.4, -0.2) is 26.6 Å². The summed E-state index contributed by atoms with van der Waals surface area (Å²) in [5.74, 6) is -0.0148. The van der Waals surface area contributed by atoms with E-state index in [0.717, 1.165) is 12.5 Å². The summed E-state index contributed by atoms with van der Waals surface area (Å²) in [5, 5.41) is 2.50. The highest BCUT2D eigenvalue weighted by Crippen LogP contribution is 2.34. The third kappa shape index (κ3) is 4.92. The quantitative estimate of drug-likeness (QED) is 0.558. The molecule has 10 heteroatoms. The molecule has 29 heavy (non-hydrogen) atoms. The fraction of sp³-hybridized carbons (Fsp3) is 0.158. The molecule has 4 N–H and O–H groups in total. The van der Waals surface area contributed by atoms with Gasteiger partial charge in [-0.3, -0.25) is 14.3 Å². The highest BCUT2D eigenvalue weighted by molar-refractivity contribution is 7.92. The molecule has 0 fully saturated rings. The largest absolute Gasteiger partial charge is 0.462 e. The van der Waals surface area contributed by atoms with Crippen molar-refractivity contribution >= 4 is 38.3 Å². The average Bonchev–Trinajstić information content (AvgIpc) is 2.64. The first-order valence-corrected chi connectivity index (χ1v) is 10.4. The Morgan fingerprint density at radius 3 is 2.48 bits per heavy atom. The van der Waals surface area contributed by atoms with E-state index in [1.54, 1.807) is 30.3 Å². The summed E-state index contributed by atoms with van der Waals surface area (Å²) in [5.41, 5.74) is 5.10. The Kier molecular flexibility index (Phi) is 5.57. The zero-order valence-corrected chi connectivity index (χ0v) is 16.4. The lowest BCUT2D eigenvalue weighted by Crippen LogP contribution is -2.33. The van der Waals surface area contributed by atoms with Crippen LogP contribution in [0.3, 0.4) is 0 Å². The number of carbonyl (C=O) groups excluding carboxylic acids is 1. The lowest BCUT2D eigenvalue weighted by atomic mass is 10.2. The first-order chi connectivity index (χ1) is 13.6. The van der Waals surface area contributed by atoms with Gasteiger partial charge in [-0.15, -0.1) is 0 Å². The van der Waals surface area contributed by atoms with Gasteiger partial charge in [0.05, 0.1) is 23.4 Å². The highest BCUT2D eigenvalue weighted by Gasteiger charge is 2.17. The van der Waals surface area contributed by atoms with Crippen molar-refractivity contribution in [2.75, 3.05) is 16.3 Å². The van der Waals surface area contributed by atoms with Crippen LogP contribution < -0.4 is 25.9 Å². The summed E-state index contributed by atoms with van der Waals surface area (Å²) in [7, 11) is -3.63. The molecule has 0 aliphatic heterocycles. The van der Waals surface area contributed by atoms with E-state index in [9.17, 15) is 18.0 Å². The zero-order chi connectivity index (χ0) is 21.2. The standard InChI is InChI=1S/C19H19N3O6S/c1-11(20)19(24)21-15-10-27-16-9-14(22-29(2,25)26)17(8-13(16)18(15)23)28-12-6-4-3-5-7-12/h3-11,22H,20H2,1-2H3,(H,21,24). The van der Waals surface area contributed by atoms with Gasteiger partial charge in [-0.05, 0) is 25.1 Å². The number of hydrogen-bond donors (Lipinski definition) is 3. The van der Waals surface area contributed by atoms with Crippen LogP contribution in [0.4, 0.5) is 11.4 Å². The van der Waals surface area contributed by atoms with Gasteiger partial charge in [0.1, 0.15) is 23.3 Å². The van der Waals surface area contributed by atoms with Crippen molar-refractivity contribution in [2.45, 2.75) is 13.0 Å². The van der Waals surface area contributed by atoms with Gasteiger partial charge in [-0.1, -0.05) is 18.2 Å². The van der Waals surface area contributed by atoms with Gasteiger partial charge < -0.3 is 20.2 Å². The fourth-order valence-corrected chi connectivity index (χ4v) is 3.03. The fourth-order valence-electron chi connectivity index (χ4n) is 2.47. The second-order valence-corrected chi connectivity index (χ2v) is 8.14. The maximum absolute atomic E-state index is 12.8. The first kappa shape index (κ1) is 20.4. The van der Waals surface area contributed by atoms with E-state index in [4.69, 9.17) is 14.9 Å². The molecule has 2 aromatic carbocycles. The Labute approximate surface area is 166 Å². The molecule has 1 unspecified atom stereocenters. The van der Waals surface area contributed by atoms with Gasteiger partial charge in [0.25, 0.3) is 0 Å². The van der Waals surface area contributed by atoms with Crippen molar-refractivity contribution in [3.63, 3.8) is 0 Å². The minimum absolute atomic E-state index is 0.0886. The molecule has 1 atom stereocenters.